The van der Waals surface area contributed by atoms with Crippen LogP contribution in [0.5, 0.6) is 0 Å². The van der Waals surface area contributed by atoms with Crippen LogP contribution in [0.25, 0.3) is 11.3 Å². The van der Waals surface area contributed by atoms with Gasteiger partial charge in [-0.05, 0) is 19.1 Å². The number of anilines is 1. The number of aromatic nitrogens is 1. The number of rotatable bonds is 2. The van der Waals surface area contributed by atoms with Crippen molar-refractivity contribution in [2.24, 2.45) is 0 Å². The van der Waals surface area contributed by atoms with Gasteiger partial charge in [0.2, 0.25) is 0 Å². The monoisotopic (exact) mass is 421 g/mol. The van der Waals surface area contributed by atoms with Crippen LogP contribution in [-0.2, 0) is 13.0 Å². The van der Waals surface area contributed by atoms with Crippen LogP contribution in [-0.4, -0.2) is 22.1 Å². The fraction of sp³-hybridized carbons (Fsp3) is 0.200. The van der Waals surface area contributed by atoms with Crippen molar-refractivity contribution in [1.29, 1.82) is 0 Å². The van der Waals surface area contributed by atoms with Crippen LogP contribution < -0.4 is 5.32 Å². The summed E-state index contributed by atoms with van der Waals surface area (Å²) in [6, 6.07) is 7.73. The highest BCUT2D eigenvalue weighted by Crippen LogP contribution is 2.36. The summed E-state index contributed by atoms with van der Waals surface area (Å²) in [4.78, 5) is 14.2. The Hall–Kier alpha value is -3.00. The molecule has 2 amide bonds. The number of carbonyl (C=O) groups excluding carboxylic acids is 1. The lowest BCUT2D eigenvalue weighted by atomic mass is 9.97. The van der Waals surface area contributed by atoms with Gasteiger partial charge in [0.1, 0.15) is 0 Å². The van der Waals surface area contributed by atoms with Gasteiger partial charge in [-0.3, -0.25) is 0 Å². The molecule has 0 fully saturated rings. The van der Waals surface area contributed by atoms with E-state index in [1.807, 2.05) is 13.0 Å². The number of hydrogen-bond donors (Lipinski definition) is 1. The van der Waals surface area contributed by atoms with Crippen LogP contribution in [0.3, 0.4) is 0 Å². The molecular formula is C20H15ClF3N3O2. The number of fused-ring (bicyclic) bond motifs is 1. The summed E-state index contributed by atoms with van der Waals surface area (Å²) in [5, 5.41) is 6.99. The van der Waals surface area contributed by atoms with E-state index in [-0.39, 0.29) is 18.3 Å². The second-order valence-corrected chi connectivity index (χ2v) is 7.19. The summed E-state index contributed by atoms with van der Waals surface area (Å²) in [7, 11) is 0. The lowest BCUT2D eigenvalue weighted by molar-refractivity contribution is 0.182. The molecule has 2 heterocycles. The first kappa shape index (κ1) is 19.3. The Morgan fingerprint density at radius 3 is 2.62 bits per heavy atom. The van der Waals surface area contributed by atoms with Gasteiger partial charge in [0.15, 0.2) is 23.2 Å². The zero-order valence-corrected chi connectivity index (χ0v) is 15.9. The van der Waals surface area contributed by atoms with E-state index in [4.69, 9.17) is 16.1 Å². The summed E-state index contributed by atoms with van der Waals surface area (Å²) < 4.78 is 45.5. The van der Waals surface area contributed by atoms with Crippen molar-refractivity contribution in [3.63, 3.8) is 0 Å². The number of carbonyl (C=O) groups is 1. The highest BCUT2D eigenvalue weighted by molar-refractivity contribution is 6.33. The average molecular weight is 422 g/mol. The molecule has 0 radical (unpaired) electrons. The predicted molar refractivity (Wildman–Crippen MR) is 101 cm³/mol. The van der Waals surface area contributed by atoms with E-state index in [1.165, 1.54) is 4.90 Å². The number of nitrogens with zero attached hydrogens (tertiary/aromatic N) is 2. The Kier molecular flexibility index (Phi) is 4.96. The maximum absolute atomic E-state index is 13.4. The molecule has 1 N–H and O–H groups in total. The summed E-state index contributed by atoms with van der Waals surface area (Å²) in [5.74, 6) is -3.88. The maximum Gasteiger partial charge on any atom is 0.322 e. The molecule has 29 heavy (non-hydrogen) atoms. The molecule has 0 bridgehead atoms. The van der Waals surface area contributed by atoms with E-state index < -0.39 is 23.5 Å². The van der Waals surface area contributed by atoms with E-state index in [1.54, 1.807) is 18.2 Å². The molecule has 1 aliphatic heterocycles. The third-order valence-corrected chi connectivity index (χ3v) is 5.16. The summed E-state index contributed by atoms with van der Waals surface area (Å²) in [6.07, 6.45) is 0.433. The van der Waals surface area contributed by atoms with E-state index in [0.717, 1.165) is 17.8 Å². The largest absolute Gasteiger partial charge is 0.356 e. The number of benzene rings is 2. The molecule has 5 nitrogen and oxygen atoms in total. The minimum Gasteiger partial charge on any atom is -0.356 e. The number of nitrogens with one attached hydrogen (secondary N) is 1. The predicted octanol–water partition coefficient (Wildman–Crippen LogP) is 5.39. The molecule has 1 aromatic heterocycles. The van der Waals surface area contributed by atoms with Crippen LogP contribution in [0.2, 0.25) is 5.02 Å². The summed E-state index contributed by atoms with van der Waals surface area (Å²) >= 11 is 6.25. The van der Waals surface area contributed by atoms with Crippen molar-refractivity contribution in [2.75, 3.05) is 5.32 Å². The van der Waals surface area contributed by atoms with Gasteiger partial charge in [-0.1, -0.05) is 28.9 Å². The van der Waals surface area contributed by atoms with Crippen LogP contribution in [0.15, 0.2) is 40.9 Å². The second-order valence-electron chi connectivity index (χ2n) is 6.78. The molecule has 150 valence electrons. The van der Waals surface area contributed by atoms with Crippen molar-refractivity contribution in [3.8, 4) is 11.3 Å². The maximum atomic E-state index is 13.4. The van der Waals surface area contributed by atoms with Crippen LogP contribution >= 0.6 is 11.6 Å². The number of urea groups is 1. The zero-order chi connectivity index (χ0) is 20.7. The van der Waals surface area contributed by atoms with Crippen molar-refractivity contribution >= 4 is 23.3 Å². The third kappa shape index (κ3) is 3.55. The molecule has 0 saturated carbocycles. The van der Waals surface area contributed by atoms with Crippen molar-refractivity contribution < 1.29 is 22.5 Å². The molecule has 1 atom stereocenters. The molecule has 0 saturated heterocycles. The van der Waals surface area contributed by atoms with Gasteiger partial charge in [0.05, 0.1) is 17.3 Å². The smallest absolute Gasteiger partial charge is 0.322 e. The molecule has 0 aliphatic carbocycles. The third-order valence-electron chi connectivity index (χ3n) is 4.83. The number of halogens is 4. The van der Waals surface area contributed by atoms with Crippen LogP contribution in [0.1, 0.15) is 18.2 Å². The Morgan fingerprint density at radius 1 is 1.24 bits per heavy atom. The minimum absolute atomic E-state index is 0.165. The molecular weight excluding hydrogens is 407 g/mol. The van der Waals surface area contributed by atoms with E-state index in [9.17, 15) is 18.0 Å². The van der Waals surface area contributed by atoms with Gasteiger partial charge in [-0.25, -0.2) is 18.0 Å². The Balaban J connectivity index is 1.61. The second kappa shape index (κ2) is 7.44. The number of hydrogen-bond acceptors (Lipinski definition) is 3. The van der Waals surface area contributed by atoms with Gasteiger partial charge in [0, 0.05) is 41.4 Å². The average Bonchev–Trinajstić information content (AvgIpc) is 3.08. The Bertz CT molecular complexity index is 1080. The van der Waals surface area contributed by atoms with E-state index in [2.05, 4.69) is 10.5 Å². The van der Waals surface area contributed by atoms with Gasteiger partial charge >= 0.3 is 6.03 Å². The van der Waals surface area contributed by atoms with Crippen molar-refractivity contribution in [3.05, 3.63) is 70.1 Å². The molecule has 0 unspecified atom stereocenters. The zero-order valence-electron chi connectivity index (χ0n) is 15.2. The highest BCUT2D eigenvalue weighted by atomic mass is 35.5. The minimum atomic E-state index is -1.59. The fourth-order valence-corrected chi connectivity index (χ4v) is 3.56. The van der Waals surface area contributed by atoms with E-state index in [0.29, 0.717) is 28.3 Å². The summed E-state index contributed by atoms with van der Waals surface area (Å²) in [5.41, 5.74) is 1.90. The topological polar surface area (TPSA) is 58.4 Å². The van der Waals surface area contributed by atoms with E-state index >= 15 is 0 Å². The van der Waals surface area contributed by atoms with Crippen molar-refractivity contribution in [1.82, 2.24) is 10.1 Å². The SMILES string of the molecule is C[C@H]1Cc2noc(-c3ccccc3Cl)c2CN1C(=O)Nc1cc(F)c(F)c(F)c1. The van der Waals surface area contributed by atoms with Gasteiger partial charge < -0.3 is 14.7 Å². The van der Waals surface area contributed by atoms with Gasteiger partial charge in [0.25, 0.3) is 0 Å². The lowest BCUT2D eigenvalue weighted by Crippen LogP contribution is -2.44. The quantitative estimate of drug-likeness (QED) is 0.564. The van der Waals surface area contributed by atoms with Gasteiger partial charge in [-0.2, -0.15) is 0 Å². The van der Waals surface area contributed by atoms with Gasteiger partial charge in [-0.15, -0.1) is 0 Å². The summed E-state index contributed by atoms with van der Waals surface area (Å²) in [6.45, 7) is 1.98. The Morgan fingerprint density at radius 2 is 1.93 bits per heavy atom. The fourth-order valence-electron chi connectivity index (χ4n) is 3.33. The lowest BCUT2D eigenvalue weighted by Gasteiger charge is -2.32. The highest BCUT2D eigenvalue weighted by Gasteiger charge is 2.32. The molecule has 3 aromatic rings. The van der Waals surface area contributed by atoms with Crippen LogP contribution in [0, 0.1) is 17.5 Å². The molecule has 0 spiro atoms. The molecule has 2 aromatic carbocycles. The number of amides is 2. The standard InChI is InChI=1S/C20H15ClF3N3O2/c1-10-6-17-13(19(29-26-17)12-4-2-3-5-14(12)21)9-27(10)20(28)25-11-7-15(22)18(24)16(23)8-11/h2-5,7-8,10H,6,9H2,1H3,(H,25,28)/t10-/m0/s1. The first-order valence-electron chi connectivity index (χ1n) is 8.79. The molecule has 1 aliphatic rings. The Labute approximate surface area is 169 Å². The normalized spacial score (nSPS) is 15.9. The first-order chi connectivity index (χ1) is 13.8. The molecule has 4 rings (SSSR count). The molecule has 9 heteroatoms. The van der Waals surface area contributed by atoms with Crippen molar-refractivity contribution in [2.45, 2.75) is 25.9 Å². The van der Waals surface area contributed by atoms with Crippen LogP contribution in [0.4, 0.5) is 23.7 Å². The first-order valence-corrected chi connectivity index (χ1v) is 9.17.